The average molecular weight is 1400 g/mol. The Bertz CT molecular complexity index is 3930. The molecule has 526 valence electrons. The number of aryl methyl sites for hydroxylation is 1. The molecule has 0 saturated carbocycles. The van der Waals surface area contributed by atoms with Crippen LogP contribution in [0, 0.1) is 40.7 Å². The number of halogens is 2. The monoisotopic (exact) mass is 1400 g/mol. The maximum absolute atomic E-state index is 13.1. The number of hydrogen-bond acceptors (Lipinski definition) is 16. The Morgan fingerprint density at radius 2 is 1.01 bits per heavy atom. The first kappa shape index (κ1) is 74.5. The normalized spacial score (nSPS) is 15.5. The van der Waals surface area contributed by atoms with E-state index in [0.29, 0.717) is 84.8 Å². The van der Waals surface area contributed by atoms with E-state index < -0.39 is 4.92 Å². The molecule has 24 nitrogen and oxygen atoms in total. The Kier molecular flexibility index (Phi) is 28.7. The minimum absolute atomic E-state index is 0.0151. The molecule has 4 aliphatic heterocycles. The summed E-state index contributed by atoms with van der Waals surface area (Å²) in [5, 5.41) is 23.2. The van der Waals surface area contributed by atoms with E-state index in [1.165, 1.54) is 44.4 Å². The van der Waals surface area contributed by atoms with E-state index in [1.807, 2.05) is 49.4 Å². The molecule has 10 heterocycles. The van der Waals surface area contributed by atoms with Gasteiger partial charge in [0.15, 0.2) is 0 Å². The molecular formula is C74H87Cl2N15O9. The van der Waals surface area contributed by atoms with Crippen LogP contribution in [0.5, 0.6) is 0 Å². The Balaban J connectivity index is 0.000000156. The third-order valence-electron chi connectivity index (χ3n) is 18.1. The summed E-state index contributed by atoms with van der Waals surface area (Å²) < 4.78 is 7.08. The number of non-ortho nitro benzene ring substituents is 1. The third-order valence-corrected chi connectivity index (χ3v) is 18.5. The lowest BCUT2D eigenvalue weighted by Crippen LogP contribution is -2.42. The van der Waals surface area contributed by atoms with Crippen molar-refractivity contribution in [2.24, 2.45) is 23.7 Å². The molecule has 12 rings (SSSR count). The first-order valence-corrected chi connectivity index (χ1v) is 34.9. The van der Waals surface area contributed by atoms with E-state index in [4.69, 9.17) is 27.9 Å². The highest BCUT2D eigenvalue weighted by Gasteiger charge is 2.32. The first-order chi connectivity index (χ1) is 48.5. The topological polar surface area (TPSA) is 285 Å². The number of likely N-dealkylation sites (tertiary alicyclic amines) is 4. The Hall–Kier alpha value is -9.75. The van der Waals surface area contributed by atoms with E-state index in [2.05, 4.69) is 62.9 Å². The highest BCUT2D eigenvalue weighted by molar-refractivity contribution is 6.30. The zero-order valence-electron chi connectivity index (χ0n) is 56.5. The number of carbonyl (C=O) groups excluding carboxylic acids is 6. The summed E-state index contributed by atoms with van der Waals surface area (Å²) in [6.07, 6.45) is 24.2. The second-order valence-corrected chi connectivity index (χ2v) is 26.0. The largest absolute Gasteiger partial charge is 0.445 e. The zero-order chi connectivity index (χ0) is 70.6. The number of pyridine rings is 5. The van der Waals surface area contributed by atoms with Crippen LogP contribution in [0.4, 0.5) is 33.2 Å². The van der Waals surface area contributed by atoms with Gasteiger partial charge in [0.05, 0.1) is 15.6 Å². The lowest BCUT2D eigenvalue weighted by atomic mass is 9.95. The summed E-state index contributed by atoms with van der Waals surface area (Å²) in [4.78, 5) is 113. The molecule has 0 radical (unpaired) electrons. The smallest absolute Gasteiger partial charge is 0.410 e. The van der Waals surface area contributed by atoms with Crippen LogP contribution in [0.25, 0.3) is 5.65 Å². The van der Waals surface area contributed by atoms with Gasteiger partial charge in [0.2, 0.25) is 23.6 Å². The fourth-order valence-corrected chi connectivity index (χ4v) is 12.6. The number of nitro benzene ring substituents is 1. The van der Waals surface area contributed by atoms with E-state index in [-0.39, 0.29) is 71.6 Å². The highest BCUT2D eigenvalue weighted by atomic mass is 35.5. The standard InChI is InChI=1S/C20H20ClN5O2.C19H20ClN3O3.C18H20N4O3.C17H27N3O/c1-13-18(26-12-15(21)2-3-17(26)23-13)20(28)25-10-6-14(7-11-25)19(27)24-16-4-8-22-9-5-16;20-17-12-16(6-9-21-17)22-18(24)15-7-10-23(11-8-15)19(25)26-13-14-4-2-1-3-5-14;23-18(20-16-5-9-19-10-6-16)15-7-11-21(12-8-15)13-14-1-3-17(4-2-14)22(24)25;1-2-3-4-5-12-20-13-8-15(9-14-20)17(21)19-16-6-10-18-11-7-16/h2-5,8-9,12,14H,6-7,10-11H2,1H3,(H,22,24,27);1-6,9,12,15H,7-8,10-11,13H2,(H,21,22,24);1-6,9-10,15H,7-8,11-13H2,(H,19,20,23);6-7,10-11,15H,2-5,8-9,12-14H2,1H3,(H,18,19,21). The number of unbranched alkanes of at least 4 members (excludes halogenated alkanes) is 3. The van der Waals surface area contributed by atoms with Crippen molar-refractivity contribution in [3.63, 3.8) is 0 Å². The van der Waals surface area contributed by atoms with Crippen LogP contribution < -0.4 is 21.3 Å². The zero-order valence-corrected chi connectivity index (χ0v) is 58.0. The van der Waals surface area contributed by atoms with Crippen molar-refractivity contribution in [3.05, 3.63) is 208 Å². The van der Waals surface area contributed by atoms with Gasteiger partial charge in [0, 0.05) is 141 Å². The molecule has 100 heavy (non-hydrogen) atoms. The number of amides is 6. The van der Waals surface area contributed by atoms with Gasteiger partial charge in [-0.1, -0.05) is 91.9 Å². The minimum atomic E-state index is -0.392. The summed E-state index contributed by atoms with van der Waals surface area (Å²) in [5.74, 6) is -0.0321. The van der Waals surface area contributed by atoms with E-state index in [1.54, 1.807) is 124 Å². The molecule has 6 amide bonds. The van der Waals surface area contributed by atoms with Crippen LogP contribution in [0.3, 0.4) is 0 Å². The Morgan fingerprint density at radius 3 is 1.50 bits per heavy atom. The summed E-state index contributed by atoms with van der Waals surface area (Å²) in [6, 6.07) is 33.8. The maximum Gasteiger partial charge on any atom is 0.410 e. The van der Waals surface area contributed by atoms with Gasteiger partial charge < -0.3 is 40.7 Å². The molecular weight excluding hydrogens is 1310 g/mol. The molecule has 4 saturated heterocycles. The second kappa shape index (κ2) is 38.6. The van der Waals surface area contributed by atoms with Crippen molar-refractivity contribution in [3.8, 4) is 0 Å². The molecule has 8 aromatic rings. The van der Waals surface area contributed by atoms with Gasteiger partial charge in [-0.15, -0.1) is 0 Å². The Labute approximate surface area is 592 Å². The lowest BCUT2D eigenvalue weighted by molar-refractivity contribution is -0.384. The van der Waals surface area contributed by atoms with Crippen molar-refractivity contribution < 1.29 is 38.4 Å². The number of nitro groups is 1. The number of aromatic nitrogens is 6. The van der Waals surface area contributed by atoms with Gasteiger partial charge in [0.25, 0.3) is 11.6 Å². The predicted molar refractivity (Wildman–Crippen MR) is 385 cm³/mol. The number of imidazole rings is 1. The number of fused-ring (bicyclic) bond motifs is 1. The molecule has 2 aromatic carbocycles. The number of benzene rings is 2. The predicted octanol–water partition coefficient (Wildman–Crippen LogP) is 13.1. The number of anilines is 4. The van der Waals surface area contributed by atoms with Gasteiger partial charge in [-0.3, -0.25) is 58.3 Å². The van der Waals surface area contributed by atoms with Crippen LogP contribution in [0.2, 0.25) is 10.2 Å². The van der Waals surface area contributed by atoms with Gasteiger partial charge >= 0.3 is 6.09 Å². The van der Waals surface area contributed by atoms with Crippen LogP contribution in [-0.4, -0.2) is 148 Å². The Morgan fingerprint density at radius 1 is 0.540 bits per heavy atom. The molecule has 0 spiro atoms. The van der Waals surface area contributed by atoms with Crippen LogP contribution in [0.15, 0.2) is 165 Å². The number of ether oxygens (including phenoxy) is 1. The fourth-order valence-electron chi connectivity index (χ4n) is 12.3. The summed E-state index contributed by atoms with van der Waals surface area (Å²) >= 11 is 11.9. The number of carbonyl (C=O) groups is 6. The molecule has 4 aliphatic rings. The van der Waals surface area contributed by atoms with Crippen molar-refractivity contribution in [1.82, 2.24) is 48.9 Å². The van der Waals surface area contributed by atoms with Crippen LogP contribution in [0.1, 0.15) is 111 Å². The SMILES string of the molecule is CCCCCCN1CCC(C(=O)Nc2ccncc2)CC1.Cc1nc2ccc(Cl)cn2c1C(=O)N1CCC(C(=O)Nc2ccncc2)CC1.O=C(Nc1ccnc(Cl)c1)C1CCN(C(=O)OCc2ccccc2)CC1.O=C(Nc1ccncc1)C1CCN(Cc2ccc([N+](=O)[O-])cc2)CC1. The first-order valence-electron chi connectivity index (χ1n) is 34.2. The molecule has 0 unspecified atom stereocenters. The third kappa shape index (κ3) is 23.2. The number of piperidine rings is 4. The average Bonchev–Trinajstić information content (AvgIpc) is 1.63. The number of rotatable bonds is 19. The van der Waals surface area contributed by atoms with E-state index in [9.17, 15) is 38.9 Å². The maximum atomic E-state index is 13.1. The molecule has 4 N–H and O–H groups in total. The van der Waals surface area contributed by atoms with Crippen molar-refractivity contribution in [2.45, 2.75) is 104 Å². The number of hydrogen-bond donors (Lipinski definition) is 4. The molecule has 6 aromatic heterocycles. The van der Waals surface area contributed by atoms with E-state index >= 15 is 0 Å². The minimum Gasteiger partial charge on any atom is -0.445 e. The summed E-state index contributed by atoms with van der Waals surface area (Å²) in [7, 11) is 0. The fraction of sp³-hybridized carbons (Fsp3) is 0.392. The van der Waals surface area contributed by atoms with Crippen molar-refractivity contribution in [1.29, 1.82) is 0 Å². The summed E-state index contributed by atoms with van der Waals surface area (Å²) in [5.41, 5.74) is 6.97. The number of nitrogens with one attached hydrogen (secondary N) is 4. The molecule has 0 atom stereocenters. The molecule has 0 bridgehead atoms. The van der Waals surface area contributed by atoms with Gasteiger partial charge in [-0.2, -0.15) is 0 Å². The lowest BCUT2D eigenvalue weighted by Gasteiger charge is -2.31. The van der Waals surface area contributed by atoms with E-state index in [0.717, 1.165) is 86.6 Å². The van der Waals surface area contributed by atoms with Crippen LogP contribution >= 0.6 is 23.2 Å². The highest BCUT2D eigenvalue weighted by Crippen LogP contribution is 2.27. The van der Waals surface area contributed by atoms with Gasteiger partial charge in [-0.05, 0) is 169 Å². The molecule has 4 fully saturated rings. The van der Waals surface area contributed by atoms with Crippen LogP contribution in [-0.2, 0) is 37.1 Å². The van der Waals surface area contributed by atoms with Crippen molar-refractivity contribution >= 4 is 92.9 Å². The van der Waals surface area contributed by atoms with Gasteiger partial charge in [0.1, 0.15) is 23.1 Å². The van der Waals surface area contributed by atoms with Gasteiger partial charge in [-0.25, -0.2) is 14.8 Å². The second-order valence-electron chi connectivity index (χ2n) is 25.2. The molecule has 0 aliphatic carbocycles. The quantitative estimate of drug-likeness (QED) is 0.0253. The van der Waals surface area contributed by atoms with Crippen molar-refractivity contribution in [2.75, 3.05) is 80.2 Å². The number of nitrogens with zero attached hydrogens (tertiary/aromatic N) is 11. The summed E-state index contributed by atoms with van der Waals surface area (Å²) in [6.45, 7) is 12.1. The molecule has 26 heteroatoms.